The van der Waals surface area contributed by atoms with Crippen molar-refractivity contribution >= 4 is 34.0 Å². The highest BCUT2D eigenvalue weighted by molar-refractivity contribution is 8.15. The molecule has 0 saturated carbocycles. The van der Waals surface area contributed by atoms with Crippen LogP contribution in [0, 0.1) is 17.6 Å². The Morgan fingerprint density at radius 1 is 1.32 bits per heavy atom. The third-order valence-electron chi connectivity index (χ3n) is 5.64. The van der Waals surface area contributed by atoms with Crippen LogP contribution in [0.2, 0.25) is 0 Å². The number of fused-ring (bicyclic) bond motifs is 2. The number of hydrogen-bond donors (Lipinski definition) is 1. The fourth-order valence-corrected chi connectivity index (χ4v) is 6.97. The summed E-state index contributed by atoms with van der Waals surface area (Å²) in [5.41, 5.74) is 1.34. The smallest absolute Gasteiger partial charge is 0.248 e. The van der Waals surface area contributed by atoms with E-state index in [2.05, 4.69) is 16.5 Å². The molecule has 1 fully saturated rings. The third kappa shape index (κ3) is 2.81. The maximum atomic E-state index is 14.5. The van der Waals surface area contributed by atoms with Gasteiger partial charge in [0.25, 0.3) is 0 Å². The van der Waals surface area contributed by atoms with E-state index in [0.29, 0.717) is 11.6 Å². The molecule has 2 aromatic rings. The van der Waals surface area contributed by atoms with Crippen molar-refractivity contribution in [2.75, 3.05) is 13.1 Å². The summed E-state index contributed by atoms with van der Waals surface area (Å²) in [6.45, 7) is 1.44. The predicted octanol–water partition coefficient (Wildman–Crippen LogP) is 4.06. The summed E-state index contributed by atoms with van der Waals surface area (Å²) in [4.78, 5) is 13.8. The zero-order chi connectivity index (χ0) is 19.3. The highest BCUT2D eigenvalue weighted by Gasteiger charge is 2.53. The molecule has 146 valence electrons. The second-order valence-corrected chi connectivity index (χ2v) is 9.57. The molecule has 0 bridgehead atoms. The number of carbonyl (C=O) groups excluding carboxylic acids is 1. The summed E-state index contributed by atoms with van der Waals surface area (Å²) in [5, 5.41) is 11.8. The van der Waals surface area contributed by atoms with Crippen molar-refractivity contribution in [3.8, 4) is 0 Å². The molecule has 4 nitrogen and oxygen atoms in total. The van der Waals surface area contributed by atoms with Crippen LogP contribution in [0.5, 0.6) is 0 Å². The van der Waals surface area contributed by atoms with Crippen molar-refractivity contribution in [1.82, 2.24) is 10.3 Å². The van der Waals surface area contributed by atoms with E-state index in [9.17, 15) is 13.6 Å². The summed E-state index contributed by atoms with van der Waals surface area (Å²) in [5.74, 6) is -1.21. The molecule has 0 radical (unpaired) electrons. The van der Waals surface area contributed by atoms with Gasteiger partial charge in [-0.25, -0.2) is 13.8 Å². The van der Waals surface area contributed by atoms with Crippen molar-refractivity contribution in [1.29, 1.82) is 0 Å². The van der Waals surface area contributed by atoms with E-state index in [0.717, 1.165) is 55.3 Å². The molecule has 1 aliphatic carbocycles. The number of hydrazone groups is 1. The van der Waals surface area contributed by atoms with Crippen LogP contribution in [0.25, 0.3) is 0 Å². The topological polar surface area (TPSA) is 44.7 Å². The Labute approximate surface area is 170 Å². The number of rotatable bonds is 2. The Hall–Kier alpha value is -1.77. The van der Waals surface area contributed by atoms with Crippen LogP contribution in [0.4, 0.5) is 8.78 Å². The molecule has 1 aromatic heterocycles. The van der Waals surface area contributed by atoms with Gasteiger partial charge in [0.1, 0.15) is 16.7 Å². The van der Waals surface area contributed by atoms with Crippen molar-refractivity contribution in [2.45, 2.75) is 30.6 Å². The van der Waals surface area contributed by atoms with Crippen LogP contribution in [-0.2, 0) is 16.1 Å². The molecule has 1 aromatic carbocycles. The lowest BCUT2D eigenvalue weighted by molar-refractivity contribution is -0.138. The summed E-state index contributed by atoms with van der Waals surface area (Å²) < 4.78 is 28.3. The molecule has 3 aliphatic rings. The molecule has 1 saturated heterocycles. The molecule has 1 amide bonds. The van der Waals surface area contributed by atoms with Crippen LogP contribution in [0.3, 0.4) is 0 Å². The first kappa shape index (κ1) is 18.3. The first-order valence-electron chi connectivity index (χ1n) is 9.43. The van der Waals surface area contributed by atoms with E-state index in [1.54, 1.807) is 16.3 Å². The van der Waals surface area contributed by atoms with Gasteiger partial charge in [0, 0.05) is 17.0 Å². The van der Waals surface area contributed by atoms with Gasteiger partial charge in [0.15, 0.2) is 4.87 Å². The van der Waals surface area contributed by atoms with Gasteiger partial charge in [-0.2, -0.15) is 5.10 Å². The second kappa shape index (κ2) is 6.93. The zero-order valence-electron chi connectivity index (χ0n) is 15.1. The molecule has 1 N–H and O–H groups in total. The van der Waals surface area contributed by atoms with E-state index in [-0.39, 0.29) is 17.4 Å². The zero-order valence-corrected chi connectivity index (χ0v) is 16.7. The predicted molar refractivity (Wildman–Crippen MR) is 107 cm³/mol. The fraction of sp³-hybridized carbons (Fsp3) is 0.400. The van der Waals surface area contributed by atoms with E-state index < -0.39 is 16.5 Å². The Balaban J connectivity index is 1.62. The number of amides is 1. The number of nitrogens with zero attached hydrogens (tertiary/aromatic N) is 2. The SMILES string of the molecule is O=C([C@@H]1CCNC1)N1N=C(c2cc(F)ccc2F)SC12CCCc1ccsc12. The van der Waals surface area contributed by atoms with Crippen LogP contribution in [0.15, 0.2) is 34.7 Å². The van der Waals surface area contributed by atoms with Crippen molar-refractivity contribution in [2.24, 2.45) is 11.0 Å². The number of hydrogen-bond acceptors (Lipinski definition) is 5. The standard InChI is InChI=1S/C20H19F2N3OS2/c21-14-3-4-16(22)15(10-14)18-24-25(19(26)13-5-8-23-11-13)20(28-18)7-1-2-12-6-9-27-17(12)20/h3-4,6,9-10,13,23H,1-2,5,7-8,11H2/t13-,20?/m1/s1. The number of halogens is 2. The lowest BCUT2D eigenvalue weighted by Crippen LogP contribution is -2.45. The molecule has 1 unspecified atom stereocenters. The van der Waals surface area contributed by atoms with Crippen molar-refractivity contribution in [3.05, 3.63) is 57.3 Å². The first-order chi connectivity index (χ1) is 13.6. The van der Waals surface area contributed by atoms with Gasteiger partial charge in [0.05, 0.1) is 5.92 Å². The molecular weight excluding hydrogens is 400 g/mol. The minimum absolute atomic E-state index is 0.0365. The lowest BCUT2D eigenvalue weighted by atomic mass is 9.93. The number of nitrogens with one attached hydrogen (secondary N) is 1. The maximum absolute atomic E-state index is 14.5. The van der Waals surface area contributed by atoms with Gasteiger partial charge in [-0.1, -0.05) is 11.8 Å². The van der Waals surface area contributed by atoms with E-state index in [1.807, 2.05) is 5.38 Å². The van der Waals surface area contributed by atoms with Gasteiger partial charge in [0.2, 0.25) is 5.91 Å². The van der Waals surface area contributed by atoms with Gasteiger partial charge in [-0.3, -0.25) is 4.79 Å². The van der Waals surface area contributed by atoms with Gasteiger partial charge < -0.3 is 5.32 Å². The first-order valence-corrected chi connectivity index (χ1v) is 11.1. The number of carbonyl (C=O) groups is 1. The van der Waals surface area contributed by atoms with E-state index >= 15 is 0 Å². The van der Waals surface area contributed by atoms with E-state index in [4.69, 9.17) is 0 Å². The van der Waals surface area contributed by atoms with Crippen molar-refractivity contribution < 1.29 is 13.6 Å². The van der Waals surface area contributed by atoms with Gasteiger partial charge in [-0.15, -0.1) is 11.3 Å². The third-order valence-corrected chi connectivity index (χ3v) is 8.29. The minimum atomic E-state index is -0.657. The molecule has 2 aliphatic heterocycles. The molecule has 3 heterocycles. The van der Waals surface area contributed by atoms with Crippen LogP contribution in [0.1, 0.15) is 35.3 Å². The van der Waals surface area contributed by atoms with Crippen LogP contribution in [-0.4, -0.2) is 29.0 Å². The Morgan fingerprint density at radius 3 is 3.04 bits per heavy atom. The molecule has 28 heavy (non-hydrogen) atoms. The highest BCUT2D eigenvalue weighted by Crippen LogP contribution is 2.55. The van der Waals surface area contributed by atoms with Crippen LogP contribution < -0.4 is 5.32 Å². The van der Waals surface area contributed by atoms with Gasteiger partial charge >= 0.3 is 0 Å². The summed E-state index contributed by atoms with van der Waals surface area (Å²) in [7, 11) is 0. The summed E-state index contributed by atoms with van der Waals surface area (Å²) >= 11 is 3.01. The average Bonchev–Trinajstić information content (AvgIpc) is 3.43. The maximum Gasteiger partial charge on any atom is 0.248 e. The average molecular weight is 420 g/mol. The second-order valence-electron chi connectivity index (χ2n) is 7.38. The number of thioether (sulfide) groups is 1. The lowest BCUT2D eigenvalue weighted by Gasteiger charge is -2.39. The highest BCUT2D eigenvalue weighted by atomic mass is 32.2. The Kier molecular flexibility index (Phi) is 4.52. The molecule has 5 rings (SSSR count). The minimum Gasteiger partial charge on any atom is -0.316 e. The largest absolute Gasteiger partial charge is 0.316 e. The summed E-state index contributed by atoms with van der Waals surface area (Å²) in [6.07, 6.45) is 3.42. The van der Waals surface area contributed by atoms with E-state index in [1.165, 1.54) is 17.3 Å². The fourth-order valence-electron chi connectivity index (χ4n) is 4.24. The van der Waals surface area contributed by atoms with Gasteiger partial charge in [-0.05, 0) is 67.4 Å². The Bertz CT molecular complexity index is 970. The molecule has 1 spiro atoms. The molecule has 2 atom stereocenters. The normalized spacial score (nSPS) is 26.6. The summed E-state index contributed by atoms with van der Waals surface area (Å²) in [6, 6.07) is 5.48. The van der Waals surface area contributed by atoms with Crippen molar-refractivity contribution in [3.63, 3.8) is 0 Å². The quantitative estimate of drug-likeness (QED) is 0.798. The van der Waals surface area contributed by atoms with Crippen LogP contribution >= 0.6 is 23.1 Å². The number of thiophene rings is 1. The molecular formula is C20H19F2N3OS2. The monoisotopic (exact) mass is 419 g/mol. The number of aryl methyl sites for hydroxylation is 1. The molecule has 8 heteroatoms. The Morgan fingerprint density at radius 2 is 2.21 bits per heavy atom. The number of benzene rings is 1.